The number of rotatable bonds is 2. The van der Waals surface area contributed by atoms with Crippen LogP contribution in [-0.2, 0) is 11.2 Å². The highest BCUT2D eigenvalue weighted by molar-refractivity contribution is 6.31. The molecule has 0 amide bonds. The molecule has 2 rings (SSSR count). The number of aryl methyl sites for hydroxylation is 1. The van der Waals surface area contributed by atoms with Gasteiger partial charge in [0.25, 0.3) is 0 Å². The fourth-order valence-electron chi connectivity index (χ4n) is 2.94. The fraction of sp³-hybridized carbons (Fsp3) is 0.600. The zero-order chi connectivity index (χ0) is 13.3. The van der Waals surface area contributed by atoms with Gasteiger partial charge in [0.05, 0.1) is 17.8 Å². The largest absolute Gasteiger partial charge is 0.389 e. The van der Waals surface area contributed by atoms with Crippen LogP contribution in [0, 0.1) is 6.92 Å². The molecule has 1 aliphatic rings. The van der Waals surface area contributed by atoms with Crippen molar-refractivity contribution in [1.29, 1.82) is 0 Å². The summed E-state index contributed by atoms with van der Waals surface area (Å²) in [5, 5.41) is 11.5. The first-order valence-corrected chi connectivity index (χ1v) is 6.89. The summed E-state index contributed by atoms with van der Waals surface area (Å²) in [7, 11) is 0. The standard InChI is InChI=1S/C15H21ClO2/c1-10-4-5-13(14(16)6-10)9-15(17)7-11(2)18-12(3)8-15/h4-6,11-12,17H,7-9H2,1-3H3. The average Bonchev–Trinajstić information content (AvgIpc) is 2.20. The molecule has 0 spiro atoms. The molecule has 1 aromatic carbocycles. The molecule has 1 fully saturated rings. The lowest BCUT2D eigenvalue weighted by molar-refractivity contribution is -0.130. The number of ether oxygens (including phenoxy) is 1. The lowest BCUT2D eigenvalue weighted by Gasteiger charge is -2.39. The van der Waals surface area contributed by atoms with Crippen molar-refractivity contribution in [3.63, 3.8) is 0 Å². The Labute approximate surface area is 114 Å². The van der Waals surface area contributed by atoms with E-state index in [0.29, 0.717) is 19.3 Å². The normalized spacial score (nSPS) is 32.5. The number of aliphatic hydroxyl groups is 1. The predicted molar refractivity (Wildman–Crippen MR) is 74.1 cm³/mol. The molecule has 3 heteroatoms. The van der Waals surface area contributed by atoms with Crippen LogP contribution in [-0.4, -0.2) is 22.9 Å². The third-order valence-corrected chi connectivity index (χ3v) is 3.88. The minimum atomic E-state index is -0.698. The highest BCUT2D eigenvalue weighted by Crippen LogP contribution is 2.33. The zero-order valence-corrected chi connectivity index (χ0v) is 12.0. The van der Waals surface area contributed by atoms with Gasteiger partial charge in [0.2, 0.25) is 0 Å². The van der Waals surface area contributed by atoms with Crippen molar-refractivity contribution < 1.29 is 9.84 Å². The van der Waals surface area contributed by atoms with Gasteiger partial charge in [0.1, 0.15) is 0 Å². The van der Waals surface area contributed by atoms with E-state index < -0.39 is 5.60 Å². The van der Waals surface area contributed by atoms with Gasteiger partial charge in [-0.3, -0.25) is 0 Å². The molecule has 1 aromatic rings. The smallest absolute Gasteiger partial charge is 0.0737 e. The maximum Gasteiger partial charge on any atom is 0.0737 e. The van der Waals surface area contributed by atoms with Crippen molar-refractivity contribution in [2.45, 2.75) is 57.8 Å². The van der Waals surface area contributed by atoms with Gasteiger partial charge in [-0.2, -0.15) is 0 Å². The van der Waals surface area contributed by atoms with Crippen LogP contribution in [0.5, 0.6) is 0 Å². The Morgan fingerprint density at radius 1 is 1.33 bits per heavy atom. The first kappa shape index (κ1) is 13.9. The van der Waals surface area contributed by atoms with Crippen molar-refractivity contribution in [2.24, 2.45) is 0 Å². The SMILES string of the molecule is Cc1ccc(CC2(O)CC(C)OC(C)C2)c(Cl)c1. The molecule has 0 aromatic heterocycles. The van der Waals surface area contributed by atoms with Gasteiger partial charge >= 0.3 is 0 Å². The van der Waals surface area contributed by atoms with Crippen LogP contribution in [0.4, 0.5) is 0 Å². The van der Waals surface area contributed by atoms with E-state index >= 15 is 0 Å². The van der Waals surface area contributed by atoms with Gasteiger partial charge < -0.3 is 9.84 Å². The van der Waals surface area contributed by atoms with E-state index in [1.165, 1.54) is 0 Å². The number of halogens is 1. The van der Waals surface area contributed by atoms with Gasteiger partial charge in [0.15, 0.2) is 0 Å². The highest BCUT2D eigenvalue weighted by Gasteiger charge is 2.37. The van der Waals surface area contributed by atoms with Gasteiger partial charge in [-0.15, -0.1) is 0 Å². The summed E-state index contributed by atoms with van der Waals surface area (Å²) in [5.74, 6) is 0. The first-order chi connectivity index (χ1) is 8.38. The molecule has 0 radical (unpaired) electrons. The molecule has 0 aliphatic carbocycles. The fourth-order valence-corrected chi connectivity index (χ4v) is 3.24. The van der Waals surface area contributed by atoms with Crippen molar-refractivity contribution in [1.82, 2.24) is 0 Å². The third kappa shape index (κ3) is 3.25. The van der Waals surface area contributed by atoms with Crippen LogP contribution < -0.4 is 0 Å². The summed E-state index contributed by atoms with van der Waals surface area (Å²) in [6.07, 6.45) is 2.14. The highest BCUT2D eigenvalue weighted by atomic mass is 35.5. The Hall–Kier alpha value is -0.570. The molecular weight excluding hydrogens is 248 g/mol. The van der Waals surface area contributed by atoms with Gasteiger partial charge in [-0.05, 0) is 38.0 Å². The molecule has 1 aliphatic heterocycles. The van der Waals surface area contributed by atoms with Crippen LogP contribution in [0.3, 0.4) is 0 Å². The van der Waals surface area contributed by atoms with Crippen molar-refractivity contribution in [2.75, 3.05) is 0 Å². The molecule has 2 atom stereocenters. The molecule has 1 saturated heterocycles. The Bertz CT molecular complexity index is 421. The number of benzene rings is 1. The van der Waals surface area contributed by atoms with Crippen molar-refractivity contribution in [3.05, 3.63) is 34.3 Å². The second kappa shape index (κ2) is 5.20. The van der Waals surface area contributed by atoms with E-state index in [2.05, 4.69) is 0 Å². The average molecular weight is 269 g/mol. The molecular formula is C15H21ClO2. The first-order valence-electron chi connectivity index (χ1n) is 6.51. The van der Waals surface area contributed by atoms with Crippen molar-refractivity contribution >= 4 is 11.6 Å². The molecule has 0 saturated carbocycles. The summed E-state index contributed by atoms with van der Waals surface area (Å²) in [6, 6.07) is 6.00. The van der Waals surface area contributed by atoms with E-state index in [9.17, 15) is 5.11 Å². The van der Waals surface area contributed by atoms with Crippen LogP contribution in [0.15, 0.2) is 18.2 Å². The second-order valence-corrected chi connectivity index (χ2v) is 6.07. The summed E-state index contributed by atoms with van der Waals surface area (Å²) >= 11 is 6.24. The Morgan fingerprint density at radius 3 is 2.50 bits per heavy atom. The second-order valence-electron chi connectivity index (χ2n) is 5.66. The number of hydrogen-bond donors (Lipinski definition) is 1. The van der Waals surface area contributed by atoms with E-state index in [1.807, 2.05) is 39.0 Å². The van der Waals surface area contributed by atoms with Crippen LogP contribution in [0.2, 0.25) is 5.02 Å². The third-order valence-electron chi connectivity index (χ3n) is 3.53. The minimum absolute atomic E-state index is 0.1000. The molecule has 2 nitrogen and oxygen atoms in total. The predicted octanol–water partition coefficient (Wildman–Crippen LogP) is 3.51. The maximum atomic E-state index is 10.7. The van der Waals surface area contributed by atoms with Crippen LogP contribution >= 0.6 is 11.6 Å². The molecule has 2 unspecified atom stereocenters. The lowest BCUT2D eigenvalue weighted by atomic mass is 9.82. The minimum Gasteiger partial charge on any atom is -0.389 e. The Morgan fingerprint density at radius 2 is 1.94 bits per heavy atom. The molecule has 1 heterocycles. The van der Waals surface area contributed by atoms with Crippen LogP contribution in [0.25, 0.3) is 0 Å². The van der Waals surface area contributed by atoms with Crippen LogP contribution in [0.1, 0.15) is 37.8 Å². The van der Waals surface area contributed by atoms with Gasteiger partial charge in [-0.25, -0.2) is 0 Å². The Kier molecular flexibility index (Phi) is 4.00. The molecule has 18 heavy (non-hydrogen) atoms. The van der Waals surface area contributed by atoms with E-state index in [4.69, 9.17) is 16.3 Å². The monoisotopic (exact) mass is 268 g/mol. The number of hydrogen-bond acceptors (Lipinski definition) is 2. The summed E-state index contributed by atoms with van der Waals surface area (Å²) in [5.41, 5.74) is 1.46. The van der Waals surface area contributed by atoms with Gasteiger partial charge in [0, 0.05) is 24.3 Å². The van der Waals surface area contributed by atoms with E-state index in [1.54, 1.807) is 0 Å². The van der Waals surface area contributed by atoms with Crippen molar-refractivity contribution in [3.8, 4) is 0 Å². The quantitative estimate of drug-likeness (QED) is 0.889. The summed E-state index contributed by atoms with van der Waals surface area (Å²) < 4.78 is 5.68. The molecule has 0 bridgehead atoms. The maximum absolute atomic E-state index is 10.7. The zero-order valence-electron chi connectivity index (χ0n) is 11.2. The lowest BCUT2D eigenvalue weighted by Crippen LogP contribution is -2.44. The topological polar surface area (TPSA) is 29.5 Å². The Balaban J connectivity index is 2.16. The van der Waals surface area contributed by atoms with E-state index in [0.717, 1.165) is 16.1 Å². The van der Waals surface area contributed by atoms with Gasteiger partial charge in [-0.1, -0.05) is 23.7 Å². The summed E-state index contributed by atoms with van der Waals surface area (Å²) in [6.45, 7) is 6.04. The molecule has 100 valence electrons. The van der Waals surface area contributed by atoms with E-state index in [-0.39, 0.29) is 12.2 Å². The summed E-state index contributed by atoms with van der Waals surface area (Å²) in [4.78, 5) is 0. The molecule has 1 N–H and O–H groups in total.